The summed E-state index contributed by atoms with van der Waals surface area (Å²) in [6, 6.07) is 7.89. The lowest BCUT2D eigenvalue weighted by atomic mass is 10.1. The zero-order valence-electron chi connectivity index (χ0n) is 12.4. The quantitative estimate of drug-likeness (QED) is 0.816. The first-order chi connectivity index (χ1) is 10.2. The minimum absolute atomic E-state index is 0.238. The van der Waals surface area contributed by atoms with Gasteiger partial charge in [0, 0.05) is 30.7 Å². The summed E-state index contributed by atoms with van der Waals surface area (Å²) in [7, 11) is 0. The molecule has 0 bridgehead atoms. The molecule has 0 spiro atoms. The Balaban J connectivity index is 1.77. The summed E-state index contributed by atoms with van der Waals surface area (Å²) in [5, 5.41) is 19.3. The average molecular weight is 357 g/mol. The summed E-state index contributed by atoms with van der Waals surface area (Å²) in [5.74, 6) is 0. The van der Waals surface area contributed by atoms with Crippen LogP contribution in [0.3, 0.4) is 0 Å². The molecule has 0 radical (unpaired) electrons. The third-order valence-corrected chi connectivity index (χ3v) is 4.54. The van der Waals surface area contributed by atoms with Crippen molar-refractivity contribution in [3.63, 3.8) is 0 Å². The summed E-state index contributed by atoms with van der Waals surface area (Å²) in [6.45, 7) is 6.09. The number of halogens is 1. The van der Waals surface area contributed by atoms with E-state index >= 15 is 0 Å². The van der Waals surface area contributed by atoms with Crippen molar-refractivity contribution >= 4 is 15.9 Å². The topological polar surface area (TPSA) is 46.9 Å². The molecule has 1 heterocycles. The Kier molecular flexibility index (Phi) is 7.13. The highest BCUT2D eigenvalue weighted by molar-refractivity contribution is 9.10. The molecule has 21 heavy (non-hydrogen) atoms. The molecule has 1 aromatic rings. The first-order valence-corrected chi connectivity index (χ1v) is 8.47. The highest BCUT2D eigenvalue weighted by Crippen LogP contribution is 2.21. The summed E-state index contributed by atoms with van der Waals surface area (Å²) in [4.78, 5) is 4.73. The van der Waals surface area contributed by atoms with Crippen molar-refractivity contribution in [3.8, 4) is 0 Å². The first-order valence-electron chi connectivity index (χ1n) is 7.68. The van der Waals surface area contributed by atoms with Gasteiger partial charge >= 0.3 is 0 Å². The predicted octanol–water partition coefficient (Wildman–Crippen LogP) is 1.87. The van der Waals surface area contributed by atoms with E-state index in [4.69, 9.17) is 5.11 Å². The van der Waals surface area contributed by atoms with Crippen molar-refractivity contribution < 1.29 is 10.2 Å². The molecule has 1 saturated heterocycles. The SMILES string of the molecule is OCCN1CCCN(CCC(O)c2cccc(Br)c2)CC1. The molecule has 1 unspecified atom stereocenters. The highest BCUT2D eigenvalue weighted by Gasteiger charge is 2.16. The van der Waals surface area contributed by atoms with Gasteiger partial charge < -0.3 is 15.1 Å². The second kappa shape index (κ2) is 8.86. The maximum Gasteiger partial charge on any atom is 0.0802 e. The molecule has 1 aliphatic rings. The number of aliphatic hydroxyl groups excluding tert-OH is 2. The molecule has 4 nitrogen and oxygen atoms in total. The summed E-state index contributed by atoms with van der Waals surface area (Å²) in [6.07, 6.45) is 1.49. The van der Waals surface area contributed by atoms with Crippen LogP contribution in [-0.2, 0) is 0 Å². The molecular weight excluding hydrogens is 332 g/mol. The van der Waals surface area contributed by atoms with Crippen LogP contribution in [0.15, 0.2) is 28.7 Å². The molecular formula is C16H25BrN2O2. The maximum atomic E-state index is 10.3. The van der Waals surface area contributed by atoms with Crippen LogP contribution in [0.5, 0.6) is 0 Å². The summed E-state index contributed by atoms with van der Waals surface area (Å²) < 4.78 is 1.01. The Morgan fingerprint density at radius 1 is 1.10 bits per heavy atom. The van der Waals surface area contributed by atoms with Crippen LogP contribution in [0.1, 0.15) is 24.5 Å². The van der Waals surface area contributed by atoms with Crippen molar-refractivity contribution in [2.75, 3.05) is 45.9 Å². The molecule has 1 atom stereocenters. The van der Waals surface area contributed by atoms with Gasteiger partial charge in [-0.2, -0.15) is 0 Å². The van der Waals surface area contributed by atoms with Crippen LogP contribution in [0.2, 0.25) is 0 Å². The predicted molar refractivity (Wildman–Crippen MR) is 88.3 cm³/mol. The van der Waals surface area contributed by atoms with E-state index in [1.807, 2.05) is 24.3 Å². The number of hydrogen-bond donors (Lipinski definition) is 2. The number of rotatable bonds is 6. The number of nitrogens with zero attached hydrogens (tertiary/aromatic N) is 2. The summed E-state index contributed by atoms with van der Waals surface area (Å²) >= 11 is 3.44. The molecule has 0 aliphatic carbocycles. The second-order valence-corrected chi connectivity index (χ2v) is 6.54. The maximum absolute atomic E-state index is 10.3. The Morgan fingerprint density at radius 3 is 2.48 bits per heavy atom. The van der Waals surface area contributed by atoms with E-state index in [-0.39, 0.29) is 6.61 Å². The van der Waals surface area contributed by atoms with E-state index in [0.717, 1.165) is 62.1 Å². The lowest BCUT2D eigenvalue weighted by molar-refractivity contribution is 0.141. The Morgan fingerprint density at radius 2 is 1.81 bits per heavy atom. The lowest BCUT2D eigenvalue weighted by Crippen LogP contribution is -2.33. The summed E-state index contributed by atoms with van der Waals surface area (Å²) in [5.41, 5.74) is 0.973. The molecule has 0 amide bonds. The third kappa shape index (κ3) is 5.68. The van der Waals surface area contributed by atoms with Gasteiger partial charge in [-0.15, -0.1) is 0 Å². The normalized spacial score (nSPS) is 19.4. The van der Waals surface area contributed by atoms with Gasteiger partial charge in [-0.25, -0.2) is 0 Å². The molecule has 0 saturated carbocycles. The van der Waals surface area contributed by atoms with Crippen LogP contribution >= 0.6 is 15.9 Å². The van der Waals surface area contributed by atoms with E-state index < -0.39 is 6.10 Å². The van der Waals surface area contributed by atoms with E-state index in [2.05, 4.69) is 25.7 Å². The van der Waals surface area contributed by atoms with Gasteiger partial charge in [-0.1, -0.05) is 28.1 Å². The number of hydrogen-bond acceptors (Lipinski definition) is 4. The second-order valence-electron chi connectivity index (χ2n) is 5.62. The van der Waals surface area contributed by atoms with Gasteiger partial charge in [0.15, 0.2) is 0 Å². The molecule has 1 aromatic carbocycles. The van der Waals surface area contributed by atoms with Crippen molar-refractivity contribution in [2.24, 2.45) is 0 Å². The van der Waals surface area contributed by atoms with Crippen LogP contribution < -0.4 is 0 Å². The van der Waals surface area contributed by atoms with E-state index in [9.17, 15) is 5.11 Å². The first kappa shape index (κ1) is 16.9. The fourth-order valence-electron chi connectivity index (χ4n) is 2.80. The highest BCUT2D eigenvalue weighted by atomic mass is 79.9. The molecule has 1 aliphatic heterocycles. The Hall–Kier alpha value is -0.460. The van der Waals surface area contributed by atoms with Crippen LogP contribution in [-0.4, -0.2) is 65.9 Å². The monoisotopic (exact) mass is 356 g/mol. The molecule has 1 fully saturated rings. The van der Waals surface area contributed by atoms with E-state index in [0.29, 0.717) is 0 Å². The Labute approximate surface area is 135 Å². The zero-order chi connectivity index (χ0) is 15.1. The molecule has 118 valence electrons. The van der Waals surface area contributed by atoms with E-state index in [1.54, 1.807) is 0 Å². The van der Waals surface area contributed by atoms with Gasteiger partial charge in [0.25, 0.3) is 0 Å². The van der Waals surface area contributed by atoms with Crippen molar-refractivity contribution in [3.05, 3.63) is 34.3 Å². The standard InChI is InChI=1S/C16H25BrN2O2/c17-15-4-1-3-14(13-15)16(21)5-8-18-6-2-7-19(10-9-18)11-12-20/h1,3-4,13,16,20-21H,2,5-12H2. The van der Waals surface area contributed by atoms with Crippen molar-refractivity contribution in [1.82, 2.24) is 9.80 Å². The molecule has 2 N–H and O–H groups in total. The van der Waals surface area contributed by atoms with Gasteiger partial charge in [0.2, 0.25) is 0 Å². The Bertz CT molecular complexity index is 430. The average Bonchev–Trinajstić information content (AvgIpc) is 2.71. The van der Waals surface area contributed by atoms with E-state index in [1.165, 1.54) is 0 Å². The smallest absolute Gasteiger partial charge is 0.0802 e. The molecule has 0 aromatic heterocycles. The van der Waals surface area contributed by atoms with Gasteiger partial charge in [-0.3, -0.25) is 4.90 Å². The van der Waals surface area contributed by atoms with Crippen molar-refractivity contribution in [1.29, 1.82) is 0 Å². The largest absolute Gasteiger partial charge is 0.395 e. The van der Waals surface area contributed by atoms with Gasteiger partial charge in [0.1, 0.15) is 0 Å². The number of benzene rings is 1. The van der Waals surface area contributed by atoms with Gasteiger partial charge in [0.05, 0.1) is 12.7 Å². The molecule has 5 heteroatoms. The number of β-amino-alcohol motifs (C(OH)–C–C–N with tert-alkyl or cyclic N) is 1. The van der Waals surface area contributed by atoms with Crippen LogP contribution in [0.4, 0.5) is 0 Å². The fourth-order valence-corrected chi connectivity index (χ4v) is 3.22. The van der Waals surface area contributed by atoms with Crippen LogP contribution in [0.25, 0.3) is 0 Å². The molecule has 2 rings (SSSR count). The number of aliphatic hydroxyl groups is 2. The third-order valence-electron chi connectivity index (χ3n) is 4.05. The van der Waals surface area contributed by atoms with Crippen LogP contribution in [0, 0.1) is 0 Å². The fraction of sp³-hybridized carbons (Fsp3) is 0.625. The lowest BCUT2D eigenvalue weighted by Gasteiger charge is -2.22. The van der Waals surface area contributed by atoms with Crippen molar-refractivity contribution in [2.45, 2.75) is 18.9 Å². The zero-order valence-corrected chi connectivity index (χ0v) is 14.0. The van der Waals surface area contributed by atoms with Gasteiger partial charge in [-0.05, 0) is 43.6 Å². The minimum Gasteiger partial charge on any atom is -0.395 e. The minimum atomic E-state index is -0.403.